The molecule has 0 fully saturated rings. The van der Waals surface area contributed by atoms with Crippen LogP contribution < -0.4 is 5.32 Å². The summed E-state index contributed by atoms with van der Waals surface area (Å²) in [5.41, 5.74) is 0.679. The molecule has 5 nitrogen and oxygen atoms in total. The van der Waals surface area contributed by atoms with Crippen LogP contribution in [0.5, 0.6) is 0 Å². The van der Waals surface area contributed by atoms with Crippen molar-refractivity contribution in [1.29, 1.82) is 0 Å². The minimum atomic E-state index is -0.750. The van der Waals surface area contributed by atoms with E-state index in [0.717, 1.165) is 0 Å². The van der Waals surface area contributed by atoms with E-state index in [1.165, 1.54) is 0 Å². The zero-order valence-electron chi connectivity index (χ0n) is 9.22. The highest BCUT2D eigenvalue weighted by Crippen LogP contribution is 1.96. The van der Waals surface area contributed by atoms with Gasteiger partial charge >= 0.3 is 7.69 Å². The fourth-order valence-corrected chi connectivity index (χ4v) is 0.958. The van der Waals surface area contributed by atoms with Crippen LogP contribution in [-0.4, -0.2) is 43.9 Å². The molecule has 0 spiro atoms. The first kappa shape index (κ1) is 14.6. The highest BCUT2D eigenvalue weighted by atomic mass is 16.5. The number of methoxy groups -OCH3 is 1. The minimum absolute atomic E-state index is 0.0577. The molecule has 0 bridgehead atoms. The number of benzene rings is 1. The summed E-state index contributed by atoms with van der Waals surface area (Å²) in [5, 5.41) is 17.0. The van der Waals surface area contributed by atoms with Crippen molar-refractivity contribution >= 4 is 13.6 Å². The number of amides is 1. The number of nitrogens with one attached hydrogen (secondary N) is 1. The molecule has 1 aromatic rings. The van der Waals surface area contributed by atoms with Gasteiger partial charge in [0, 0.05) is 19.2 Å². The number of rotatable bonds is 4. The Bertz CT molecular complexity index is 281. The third-order valence-electron chi connectivity index (χ3n) is 1.63. The first-order chi connectivity index (χ1) is 7.76. The van der Waals surface area contributed by atoms with Crippen LogP contribution in [0.1, 0.15) is 10.4 Å². The van der Waals surface area contributed by atoms with Gasteiger partial charge in [-0.05, 0) is 12.1 Å². The molecule has 0 unspecified atom stereocenters. The number of carbonyl (C=O) groups excluding carboxylic acids is 1. The van der Waals surface area contributed by atoms with E-state index in [4.69, 9.17) is 14.8 Å². The Morgan fingerprint density at radius 2 is 1.94 bits per heavy atom. The van der Waals surface area contributed by atoms with Crippen molar-refractivity contribution in [3.05, 3.63) is 35.9 Å². The normalized spacial score (nSPS) is 8.69. The van der Waals surface area contributed by atoms with Gasteiger partial charge in [-0.3, -0.25) is 4.79 Å². The Morgan fingerprint density at radius 3 is 2.44 bits per heavy atom. The van der Waals surface area contributed by atoms with Gasteiger partial charge < -0.3 is 20.1 Å². The van der Waals surface area contributed by atoms with E-state index in [1.54, 1.807) is 19.2 Å². The summed E-state index contributed by atoms with van der Waals surface area (Å²) in [6.45, 7) is 1.09. The molecule has 0 aromatic heterocycles. The van der Waals surface area contributed by atoms with Gasteiger partial charge in [-0.25, -0.2) is 0 Å². The second-order valence-electron chi connectivity index (χ2n) is 2.76. The largest absolute Gasteiger partial charge is 0.432 e. The van der Waals surface area contributed by atoms with Crippen molar-refractivity contribution in [2.75, 3.05) is 20.3 Å². The predicted molar refractivity (Wildman–Crippen MR) is 62.2 cm³/mol. The summed E-state index contributed by atoms with van der Waals surface area (Å²) in [4.78, 5) is 11.4. The summed E-state index contributed by atoms with van der Waals surface area (Å²) in [5.74, 6) is -0.0577. The van der Waals surface area contributed by atoms with Gasteiger partial charge in [0.2, 0.25) is 0 Å². The van der Waals surface area contributed by atoms with Crippen LogP contribution in [-0.2, 0) is 4.74 Å². The average molecular weight is 225 g/mol. The summed E-state index contributed by atoms with van der Waals surface area (Å²) < 4.78 is 4.81. The van der Waals surface area contributed by atoms with Gasteiger partial charge in [-0.1, -0.05) is 18.2 Å². The average Bonchev–Trinajstić information content (AvgIpc) is 2.31. The molecule has 0 aliphatic rings. The smallest absolute Gasteiger partial charge is 0.430 e. The molecule has 0 heterocycles. The van der Waals surface area contributed by atoms with Crippen LogP contribution in [0.3, 0.4) is 0 Å². The molecule has 1 amide bonds. The third-order valence-corrected chi connectivity index (χ3v) is 1.63. The van der Waals surface area contributed by atoms with Crippen LogP contribution in [0.25, 0.3) is 0 Å². The van der Waals surface area contributed by atoms with Crippen molar-refractivity contribution in [3.63, 3.8) is 0 Å². The Hall–Kier alpha value is -1.37. The molecule has 0 saturated carbocycles. The van der Waals surface area contributed by atoms with Gasteiger partial charge in [0.15, 0.2) is 0 Å². The fraction of sp³-hybridized carbons (Fsp3) is 0.300. The Balaban J connectivity index is 0.000000673. The molecule has 0 radical (unpaired) electrons. The van der Waals surface area contributed by atoms with Crippen molar-refractivity contribution < 1.29 is 19.6 Å². The summed E-state index contributed by atoms with van der Waals surface area (Å²) in [6.07, 6.45) is 0. The maximum atomic E-state index is 11.4. The summed E-state index contributed by atoms with van der Waals surface area (Å²) >= 11 is 0. The van der Waals surface area contributed by atoms with E-state index in [2.05, 4.69) is 5.32 Å². The molecule has 88 valence electrons. The lowest BCUT2D eigenvalue weighted by molar-refractivity contribution is 0.0937. The van der Waals surface area contributed by atoms with E-state index in [-0.39, 0.29) is 5.91 Å². The van der Waals surface area contributed by atoms with Crippen molar-refractivity contribution in [2.24, 2.45) is 0 Å². The Morgan fingerprint density at radius 1 is 1.38 bits per heavy atom. The zero-order chi connectivity index (χ0) is 12.2. The number of hydrogen-bond donors (Lipinski definition) is 3. The number of hydrogen-bond acceptors (Lipinski definition) is 4. The molecule has 1 rings (SSSR count). The maximum absolute atomic E-state index is 11.4. The van der Waals surface area contributed by atoms with Crippen LogP contribution in [0.2, 0.25) is 0 Å². The van der Waals surface area contributed by atoms with Crippen LogP contribution in [0.4, 0.5) is 0 Å². The molecule has 0 aliphatic heterocycles. The van der Waals surface area contributed by atoms with Crippen molar-refractivity contribution in [3.8, 4) is 0 Å². The first-order valence-electron chi connectivity index (χ1n) is 4.80. The van der Waals surface area contributed by atoms with Gasteiger partial charge in [0.1, 0.15) is 0 Å². The van der Waals surface area contributed by atoms with E-state index < -0.39 is 7.69 Å². The third kappa shape index (κ3) is 7.00. The monoisotopic (exact) mass is 225 g/mol. The molecule has 0 aliphatic carbocycles. The molecular weight excluding hydrogens is 209 g/mol. The van der Waals surface area contributed by atoms with Gasteiger partial charge in [-0.15, -0.1) is 0 Å². The highest BCUT2D eigenvalue weighted by Gasteiger charge is 2.01. The number of carbonyl (C=O) groups is 1. The first-order valence-corrected chi connectivity index (χ1v) is 4.80. The molecule has 0 atom stereocenters. The number of ether oxygens (including phenoxy) is 1. The molecule has 1 aromatic carbocycles. The Labute approximate surface area is 95.4 Å². The lowest BCUT2D eigenvalue weighted by Gasteiger charge is -2.03. The van der Waals surface area contributed by atoms with E-state index >= 15 is 0 Å². The van der Waals surface area contributed by atoms with E-state index in [1.807, 2.05) is 18.2 Å². The molecule has 16 heavy (non-hydrogen) atoms. The van der Waals surface area contributed by atoms with Crippen LogP contribution in [0, 0.1) is 0 Å². The fourth-order valence-electron chi connectivity index (χ4n) is 0.958. The van der Waals surface area contributed by atoms with Gasteiger partial charge in [0.05, 0.1) is 6.61 Å². The zero-order valence-corrected chi connectivity index (χ0v) is 9.22. The van der Waals surface area contributed by atoms with Gasteiger partial charge in [0.25, 0.3) is 5.91 Å². The second kappa shape index (κ2) is 10.2. The predicted octanol–water partition coefficient (Wildman–Crippen LogP) is -0.700. The molecule has 3 N–H and O–H groups in total. The highest BCUT2D eigenvalue weighted by molar-refractivity contribution is 6.13. The molecule has 6 heteroatoms. The van der Waals surface area contributed by atoms with E-state index in [9.17, 15) is 4.79 Å². The molecular formula is C10H16BNO4. The van der Waals surface area contributed by atoms with Crippen LogP contribution >= 0.6 is 0 Å². The Kier molecular flexibility index (Phi) is 9.30. The summed E-state index contributed by atoms with van der Waals surface area (Å²) in [6, 6.07) is 9.12. The maximum Gasteiger partial charge on any atom is 0.432 e. The minimum Gasteiger partial charge on any atom is -0.430 e. The summed E-state index contributed by atoms with van der Waals surface area (Å²) in [7, 11) is 0.856. The molecule has 0 saturated heterocycles. The van der Waals surface area contributed by atoms with Crippen molar-refractivity contribution in [2.45, 2.75) is 0 Å². The standard InChI is InChI=1S/C10H13NO2.BH3O2/c1-13-8-7-11-10(12)9-5-3-2-4-6-9;2-1-3/h2-6H,7-8H2,1H3,(H,11,12);1-3H. The van der Waals surface area contributed by atoms with E-state index in [0.29, 0.717) is 18.7 Å². The van der Waals surface area contributed by atoms with Gasteiger partial charge in [-0.2, -0.15) is 0 Å². The quantitative estimate of drug-likeness (QED) is 0.467. The topological polar surface area (TPSA) is 78.8 Å². The van der Waals surface area contributed by atoms with Crippen molar-refractivity contribution in [1.82, 2.24) is 5.32 Å². The second-order valence-corrected chi connectivity index (χ2v) is 2.76. The lowest BCUT2D eigenvalue weighted by Crippen LogP contribution is -2.26. The van der Waals surface area contributed by atoms with Crippen LogP contribution in [0.15, 0.2) is 30.3 Å². The lowest BCUT2D eigenvalue weighted by atomic mass is 10.2. The SMILES string of the molecule is COCCNC(=O)c1ccccc1.OBO.